The molecule has 14 heteroatoms. The van der Waals surface area contributed by atoms with Crippen LogP contribution in [0.4, 0.5) is 10.5 Å². The van der Waals surface area contributed by atoms with Crippen molar-refractivity contribution in [1.29, 1.82) is 0 Å². The van der Waals surface area contributed by atoms with Crippen LogP contribution in [-0.4, -0.2) is 48.7 Å². The van der Waals surface area contributed by atoms with Crippen LogP contribution in [0.3, 0.4) is 0 Å². The molecule has 0 aliphatic heterocycles. The summed E-state index contributed by atoms with van der Waals surface area (Å²) in [5.74, 6) is -0.986. The molecule has 0 aliphatic rings. The third-order valence-corrected chi connectivity index (χ3v) is 4.92. The third kappa shape index (κ3) is 8.33. The average molecular weight is 478 g/mol. The lowest BCUT2D eigenvalue weighted by atomic mass is 10.0. The second kappa shape index (κ2) is 12.2. The molecule has 180 valence electrons. The average Bonchev–Trinajstić information content (AvgIpc) is 2.70. The molecule has 0 saturated heterocycles. The van der Waals surface area contributed by atoms with Crippen LogP contribution in [0.1, 0.15) is 32.8 Å². The summed E-state index contributed by atoms with van der Waals surface area (Å²) in [5, 5.41) is 13.6. The van der Waals surface area contributed by atoms with Crippen molar-refractivity contribution in [2.45, 2.75) is 39.8 Å². The number of carbonyl (C=O) groups is 2. The fourth-order valence-electron chi connectivity index (χ4n) is 2.58. The Labute approximate surface area is 184 Å². The number of ether oxygens (including phenoxy) is 3. The Kier molecular flexibility index (Phi) is 10.4. The van der Waals surface area contributed by atoms with Crippen molar-refractivity contribution in [2.24, 2.45) is 5.92 Å². The zero-order valence-electron chi connectivity index (χ0n) is 18.4. The maximum Gasteiger partial charge on any atom is 0.529 e. The number of methoxy groups -OCH3 is 2. The zero-order valence-corrected chi connectivity index (χ0v) is 19.2. The van der Waals surface area contributed by atoms with Gasteiger partial charge >= 0.3 is 19.9 Å². The van der Waals surface area contributed by atoms with Crippen LogP contribution < -0.4 is 14.8 Å². The summed E-state index contributed by atoms with van der Waals surface area (Å²) in [7, 11) is -1.98. The lowest BCUT2D eigenvalue weighted by molar-refractivity contribution is -0.385. The number of nitrogens with zero attached hydrogens (tertiary/aromatic N) is 1. The smallest absolute Gasteiger partial charge is 0.493 e. The Hall–Kier alpha value is -2.89. The van der Waals surface area contributed by atoms with E-state index in [1.165, 1.54) is 27.2 Å². The molecule has 1 rings (SSSR count). The minimum atomic E-state index is -4.63. The standard InChI is InChI=1S/C18H27N2O11P/c1-6-30-32(25,26)31-17(21)13(7-11(2)3)19-18(22)29-10-12-8-15(27-4)16(28-5)9-14(12)20(23)24/h8-9,11,13H,6-7,10H2,1-5H3,(H,19,22)(H,25,26)/t13-/m0/s1. The van der Waals surface area contributed by atoms with Crippen LogP contribution >= 0.6 is 7.82 Å². The van der Waals surface area contributed by atoms with Gasteiger partial charge in [0.15, 0.2) is 11.5 Å². The Morgan fingerprint density at radius 1 is 1.22 bits per heavy atom. The molecule has 0 heterocycles. The number of amides is 1. The van der Waals surface area contributed by atoms with E-state index in [1.807, 2.05) is 0 Å². The van der Waals surface area contributed by atoms with Gasteiger partial charge < -0.3 is 24.1 Å². The van der Waals surface area contributed by atoms with Gasteiger partial charge in [-0.25, -0.2) is 14.2 Å². The molecule has 2 atom stereocenters. The molecule has 0 aromatic heterocycles. The number of nitro benzene ring substituents is 1. The topological polar surface area (TPSA) is 173 Å². The highest BCUT2D eigenvalue weighted by Gasteiger charge is 2.32. The fraction of sp³-hybridized carbons (Fsp3) is 0.556. The van der Waals surface area contributed by atoms with E-state index in [1.54, 1.807) is 13.8 Å². The number of nitro groups is 1. The summed E-state index contributed by atoms with van der Waals surface area (Å²) >= 11 is 0. The molecular weight excluding hydrogens is 451 g/mol. The number of rotatable bonds is 12. The van der Waals surface area contributed by atoms with Gasteiger partial charge in [0.25, 0.3) is 5.69 Å². The summed E-state index contributed by atoms with van der Waals surface area (Å²) in [6.07, 6.45) is -1.03. The number of phosphoric ester groups is 1. The monoisotopic (exact) mass is 478 g/mol. The van der Waals surface area contributed by atoms with E-state index in [9.17, 15) is 29.2 Å². The van der Waals surface area contributed by atoms with Crippen molar-refractivity contribution in [1.82, 2.24) is 5.32 Å². The molecule has 2 N–H and O–H groups in total. The molecular formula is C18H27N2O11P. The van der Waals surface area contributed by atoms with Gasteiger partial charge in [0.2, 0.25) is 0 Å². The minimum Gasteiger partial charge on any atom is -0.493 e. The third-order valence-electron chi connectivity index (χ3n) is 3.92. The molecule has 0 spiro atoms. The summed E-state index contributed by atoms with van der Waals surface area (Å²) in [6, 6.07) is 1.10. The number of carbonyl (C=O) groups excluding carboxylic acids is 2. The molecule has 1 amide bonds. The number of benzene rings is 1. The summed E-state index contributed by atoms with van der Waals surface area (Å²) < 4.78 is 35.8. The number of hydrogen-bond acceptors (Lipinski definition) is 10. The van der Waals surface area contributed by atoms with Gasteiger partial charge in [-0.05, 0) is 25.3 Å². The van der Waals surface area contributed by atoms with Crippen LogP contribution in [0, 0.1) is 16.0 Å². The van der Waals surface area contributed by atoms with Crippen molar-refractivity contribution in [3.63, 3.8) is 0 Å². The van der Waals surface area contributed by atoms with Crippen LogP contribution in [0.25, 0.3) is 0 Å². The number of hydrogen-bond donors (Lipinski definition) is 2. The maximum atomic E-state index is 12.3. The molecule has 1 aromatic rings. The van der Waals surface area contributed by atoms with Crippen LogP contribution in [0.15, 0.2) is 12.1 Å². The van der Waals surface area contributed by atoms with E-state index in [-0.39, 0.29) is 41.7 Å². The molecule has 1 unspecified atom stereocenters. The van der Waals surface area contributed by atoms with Gasteiger partial charge in [-0.3, -0.25) is 19.5 Å². The first kappa shape index (κ1) is 27.1. The Bertz CT molecular complexity index is 875. The van der Waals surface area contributed by atoms with Crippen molar-refractivity contribution in [2.75, 3.05) is 20.8 Å². The van der Waals surface area contributed by atoms with Crippen molar-refractivity contribution in [3.8, 4) is 11.5 Å². The molecule has 13 nitrogen and oxygen atoms in total. The first-order chi connectivity index (χ1) is 14.9. The summed E-state index contributed by atoms with van der Waals surface area (Å²) in [6.45, 7) is 4.24. The van der Waals surface area contributed by atoms with Gasteiger partial charge in [-0.15, -0.1) is 0 Å². The van der Waals surface area contributed by atoms with E-state index in [0.29, 0.717) is 0 Å². The van der Waals surface area contributed by atoms with E-state index in [4.69, 9.17) is 14.2 Å². The number of alkyl carbamates (subject to hydrolysis) is 1. The predicted octanol–water partition coefficient (Wildman–Crippen LogP) is 2.93. The number of nitrogens with one attached hydrogen (secondary N) is 1. The zero-order chi connectivity index (χ0) is 24.5. The van der Waals surface area contributed by atoms with Crippen LogP contribution in [-0.2, 0) is 29.8 Å². The van der Waals surface area contributed by atoms with Gasteiger partial charge in [-0.1, -0.05) is 13.8 Å². The number of phosphoric acid groups is 1. The molecule has 0 fully saturated rings. The molecule has 1 aromatic carbocycles. The fourth-order valence-corrected chi connectivity index (χ4v) is 3.31. The highest BCUT2D eigenvalue weighted by Crippen LogP contribution is 2.43. The summed E-state index contributed by atoms with van der Waals surface area (Å²) in [5.41, 5.74) is -0.353. The van der Waals surface area contributed by atoms with E-state index in [2.05, 4.69) is 14.4 Å². The van der Waals surface area contributed by atoms with Crippen LogP contribution in [0.2, 0.25) is 0 Å². The molecule has 0 saturated carbocycles. The quantitative estimate of drug-likeness (QED) is 0.257. The Balaban J connectivity index is 2.95. The SMILES string of the molecule is CCOP(=O)(O)OC(=O)[C@H](CC(C)C)NC(=O)OCc1cc(OC)c(OC)cc1[N+](=O)[O-]. The molecule has 32 heavy (non-hydrogen) atoms. The lowest BCUT2D eigenvalue weighted by Gasteiger charge is -2.20. The highest BCUT2D eigenvalue weighted by molar-refractivity contribution is 7.48. The van der Waals surface area contributed by atoms with Gasteiger partial charge in [-0.2, -0.15) is 0 Å². The van der Waals surface area contributed by atoms with Crippen LogP contribution in [0.5, 0.6) is 11.5 Å². The molecule has 0 aliphatic carbocycles. The lowest BCUT2D eigenvalue weighted by Crippen LogP contribution is -2.42. The summed E-state index contributed by atoms with van der Waals surface area (Å²) in [4.78, 5) is 44.6. The van der Waals surface area contributed by atoms with Crippen molar-refractivity contribution in [3.05, 3.63) is 27.8 Å². The molecule has 0 radical (unpaired) electrons. The largest absolute Gasteiger partial charge is 0.529 e. The van der Waals surface area contributed by atoms with Gasteiger partial charge in [0.1, 0.15) is 12.6 Å². The van der Waals surface area contributed by atoms with Gasteiger partial charge in [0.05, 0.1) is 37.4 Å². The highest BCUT2D eigenvalue weighted by atomic mass is 31.2. The normalized spacial score (nSPS) is 13.6. The van der Waals surface area contributed by atoms with Gasteiger partial charge in [0, 0.05) is 0 Å². The minimum absolute atomic E-state index is 0.0157. The van der Waals surface area contributed by atoms with E-state index < -0.39 is 37.5 Å². The van der Waals surface area contributed by atoms with E-state index in [0.717, 1.165) is 6.07 Å². The Morgan fingerprint density at radius 3 is 2.31 bits per heavy atom. The maximum absolute atomic E-state index is 12.3. The first-order valence-corrected chi connectivity index (χ1v) is 11.0. The first-order valence-electron chi connectivity index (χ1n) is 9.47. The van der Waals surface area contributed by atoms with Crippen molar-refractivity contribution >= 4 is 25.6 Å². The predicted molar refractivity (Wildman–Crippen MR) is 110 cm³/mol. The van der Waals surface area contributed by atoms with E-state index >= 15 is 0 Å². The van der Waals surface area contributed by atoms with Crippen molar-refractivity contribution < 1.29 is 47.2 Å². The molecule has 0 bridgehead atoms. The second-order valence-electron chi connectivity index (χ2n) is 6.79. The Morgan fingerprint density at radius 2 is 1.81 bits per heavy atom. The second-order valence-corrected chi connectivity index (χ2v) is 8.17.